The molecule has 0 aromatic heterocycles. The molecule has 1 rings (SSSR count). The van der Waals surface area contributed by atoms with Gasteiger partial charge in [-0.05, 0) is 12.1 Å². The van der Waals surface area contributed by atoms with Gasteiger partial charge in [0.1, 0.15) is 12.4 Å². The number of anilines is 2. The van der Waals surface area contributed by atoms with E-state index in [-0.39, 0.29) is 24.5 Å². The molecule has 0 saturated heterocycles. The summed E-state index contributed by atoms with van der Waals surface area (Å²) in [7, 11) is 1.46. The zero-order valence-corrected chi connectivity index (χ0v) is 14.5. The molecular weight excluding hydrogens is 326 g/mol. The van der Waals surface area contributed by atoms with E-state index in [2.05, 4.69) is 11.4 Å². The second-order valence-electron chi connectivity index (χ2n) is 5.15. The highest BCUT2D eigenvalue weighted by Gasteiger charge is 2.17. The molecule has 134 valence electrons. The number of aldehydes is 1. The lowest BCUT2D eigenvalue weighted by Gasteiger charge is -2.26. The predicted octanol–water partition coefficient (Wildman–Crippen LogP) is 1.75. The summed E-state index contributed by atoms with van der Waals surface area (Å²) in [5, 5.41) is 11.5. The third-order valence-corrected chi connectivity index (χ3v) is 3.29. The molecule has 0 saturated carbocycles. The minimum Gasteiger partial charge on any atom is -0.495 e. The Balaban J connectivity index is 3.24. The number of nitrogens with zero attached hydrogens (tertiary/aromatic N) is 2. The van der Waals surface area contributed by atoms with Crippen molar-refractivity contribution in [2.75, 3.05) is 37.0 Å². The summed E-state index contributed by atoms with van der Waals surface area (Å²) in [4.78, 5) is 35.4. The van der Waals surface area contributed by atoms with E-state index in [9.17, 15) is 14.4 Å². The molecule has 0 aliphatic carbocycles. The van der Waals surface area contributed by atoms with Crippen LogP contribution in [0.5, 0.6) is 5.75 Å². The van der Waals surface area contributed by atoms with Gasteiger partial charge in [-0.25, -0.2) is 0 Å². The zero-order chi connectivity index (χ0) is 18.8. The largest absolute Gasteiger partial charge is 0.495 e. The number of hydrogen-bond donors (Lipinski definition) is 1. The fourth-order valence-corrected chi connectivity index (χ4v) is 2.23. The van der Waals surface area contributed by atoms with Crippen LogP contribution in [0.3, 0.4) is 0 Å². The second kappa shape index (κ2) is 9.93. The molecule has 0 fully saturated rings. The van der Waals surface area contributed by atoms with Gasteiger partial charge < -0.3 is 19.7 Å². The van der Waals surface area contributed by atoms with Crippen LogP contribution in [0.15, 0.2) is 12.1 Å². The number of nitriles is 1. The van der Waals surface area contributed by atoms with Gasteiger partial charge in [0.25, 0.3) is 0 Å². The van der Waals surface area contributed by atoms with Gasteiger partial charge in [-0.15, -0.1) is 0 Å². The number of hydrogen-bond acceptors (Lipinski definition) is 7. The fourth-order valence-electron chi connectivity index (χ4n) is 2.23. The maximum atomic E-state index is 11.4. The van der Waals surface area contributed by atoms with Crippen molar-refractivity contribution in [1.82, 2.24) is 0 Å². The number of ether oxygens (including phenoxy) is 2. The molecule has 25 heavy (non-hydrogen) atoms. The Morgan fingerprint density at radius 2 is 2.04 bits per heavy atom. The van der Waals surface area contributed by atoms with E-state index in [1.807, 2.05) is 0 Å². The van der Waals surface area contributed by atoms with Crippen LogP contribution < -0.4 is 15.0 Å². The molecular formula is C17H21N3O5. The van der Waals surface area contributed by atoms with E-state index in [0.29, 0.717) is 36.5 Å². The lowest BCUT2D eigenvalue weighted by atomic mass is 10.1. The normalized spacial score (nSPS) is 9.68. The SMILES string of the molecule is COc1cc(C=O)c(NC(C)=O)cc1N(CCC#N)CCOC(C)=O. The molecule has 0 bridgehead atoms. The van der Waals surface area contributed by atoms with E-state index in [1.54, 1.807) is 11.0 Å². The lowest BCUT2D eigenvalue weighted by Crippen LogP contribution is -2.29. The topological polar surface area (TPSA) is 109 Å². The maximum Gasteiger partial charge on any atom is 0.302 e. The van der Waals surface area contributed by atoms with Gasteiger partial charge in [0, 0.05) is 26.0 Å². The van der Waals surface area contributed by atoms with E-state index in [1.165, 1.54) is 27.0 Å². The minimum atomic E-state index is -0.401. The highest BCUT2D eigenvalue weighted by molar-refractivity contribution is 5.97. The summed E-state index contributed by atoms with van der Waals surface area (Å²) >= 11 is 0. The fraction of sp³-hybridized carbons (Fsp3) is 0.412. The van der Waals surface area contributed by atoms with Crippen LogP contribution in [-0.4, -0.2) is 45.0 Å². The van der Waals surface area contributed by atoms with Crippen LogP contribution in [0.1, 0.15) is 30.6 Å². The van der Waals surface area contributed by atoms with E-state index >= 15 is 0 Å². The van der Waals surface area contributed by atoms with Crippen LogP contribution in [0.25, 0.3) is 0 Å². The highest BCUT2D eigenvalue weighted by atomic mass is 16.5. The van der Waals surface area contributed by atoms with Crippen LogP contribution in [-0.2, 0) is 14.3 Å². The first-order valence-corrected chi connectivity index (χ1v) is 7.63. The van der Waals surface area contributed by atoms with Gasteiger partial charge in [0.05, 0.1) is 37.5 Å². The molecule has 1 N–H and O–H groups in total. The smallest absolute Gasteiger partial charge is 0.302 e. The summed E-state index contributed by atoms with van der Waals surface area (Å²) in [5.74, 6) is -0.304. The van der Waals surface area contributed by atoms with Crippen LogP contribution >= 0.6 is 0 Å². The van der Waals surface area contributed by atoms with Crippen LogP contribution in [0.4, 0.5) is 11.4 Å². The number of amides is 1. The number of methoxy groups -OCH3 is 1. The van der Waals surface area contributed by atoms with Gasteiger partial charge in [0.15, 0.2) is 6.29 Å². The second-order valence-corrected chi connectivity index (χ2v) is 5.15. The Morgan fingerprint density at radius 3 is 2.56 bits per heavy atom. The molecule has 8 nitrogen and oxygen atoms in total. The lowest BCUT2D eigenvalue weighted by molar-refractivity contribution is -0.140. The van der Waals surface area contributed by atoms with Crippen molar-refractivity contribution >= 4 is 29.5 Å². The third-order valence-electron chi connectivity index (χ3n) is 3.29. The summed E-state index contributed by atoms with van der Waals surface area (Å²) in [6.07, 6.45) is 0.865. The van der Waals surface area contributed by atoms with Crippen molar-refractivity contribution in [2.24, 2.45) is 0 Å². The molecule has 0 atom stereocenters. The highest BCUT2D eigenvalue weighted by Crippen LogP contribution is 2.34. The van der Waals surface area contributed by atoms with Crippen LogP contribution in [0, 0.1) is 11.3 Å². The monoisotopic (exact) mass is 347 g/mol. The molecule has 1 amide bonds. The maximum absolute atomic E-state index is 11.4. The molecule has 0 heterocycles. The number of rotatable bonds is 9. The Morgan fingerprint density at radius 1 is 1.32 bits per heavy atom. The first-order chi connectivity index (χ1) is 11.9. The van der Waals surface area contributed by atoms with E-state index in [4.69, 9.17) is 14.7 Å². The number of nitrogens with one attached hydrogen (secondary N) is 1. The van der Waals surface area contributed by atoms with E-state index < -0.39 is 5.97 Å². The standard InChI is InChI=1S/C17H21N3O5/c1-12(22)19-15-10-16(17(24-3)9-14(15)11-21)20(6-4-5-18)7-8-25-13(2)23/h9-11H,4,6-8H2,1-3H3,(H,19,22). The summed E-state index contributed by atoms with van der Waals surface area (Å²) in [6.45, 7) is 3.49. The van der Waals surface area contributed by atoms with Crippen molar-refractivity contribution < 1.29 is 23.9 Å². The molecule has 0 radical (unpaired) electrons. The third kappa shape index (κ3) is 6.14. The van der Waals surface area contributed by atoms with Crippen molar-refractivity contribution in [2.45, 2.75) is 20.3 Å². The Labute approximate surface area is 146 Å². The molecule has 0 unspecified atom stereocenters. The zero-order valence-electron chi connectivity index (χ0n) is 14.5. The van der Waals surface area contributed by atoms with Crippen molar-refractivity contribution in [3.05, 3.63) is 17.7 Å². The first-order valence-electron chi connectivity index (χ1n) is 7.63. The predicted molar refractivity (Wildman–Crippen MR) is 91.8 cm³/mol. The molecule has 8 heteroatoms. The van der Waals surface area contributed by atoms with Crippen molar-refractivity contribution in [1.29, 1.82) is 5.26 Å². The number of carbonyl (C=O) groups excluding carboxylic acids is 3. The van der Waals surface area contributed by atoms with E-state index in [0.717, 1.165) is 0 Å². The molecule has 0 spiro atoms. The Hall–Kier alpha value is -3.08. The average Bonchev–Trinajstić information content (AvgIpc) is 2.56. The molecule has 1 aromatic rings. The van der Waals surface area contributed by atoms with Gasteiger partial charge in [-0.3, -0.25) is 14.4 Å². The van der Waals surface area contributed by atoms with Crippen LogP contribution in [0.2, 0.25) is 0 Å². The van der Waals surface area contributed by atoms with Gasteiger partial charge in [-0.2, -0.15) is 5.26 Å². The molecule has 0 aliphatic rings. The van der Waals surface area contributed by atoms with Gasteiger partial charge in [0.2, 0.25) is 5.91 Å². The minimum absolute atomic E-state index is 0.134. The number of benzene rings is 1. The number of esters is 1. The Bertz CT molecular complexity index is 682. The average molecular weight is 347 g/mol. The summed E-state index contributed by atoms with van der Waals surface area (Å²) in [5.41, 5.74) is 1.20. The first kappa shape index (κ1) is 20.0. The molecule has 1 aromatic carbocycles. The Kier molecular flexibility index (Phi) is 7.93. The summed E-state index contributed by atoms with van der Waals surface area (Å²) in [6, 6.07) is 5.18. The molecule has 0 aliphatic heterocycles. The quantitative estimate of drug-likeness (QED) is 0.535. The number of carbonyl (C=O) groups is 3. The van der Waals surface area contributed by atoms with Crippen molar-refractivity contribution in [3.63, 3.8) is 0 Å². The van der Waals surface area contributed by atoms with Crippen molar-refractivity contribution in [3.8, 4) is 11.8 Å². The van der Waals surface area contributed by atoms with Gasteiger partial charge in [-0.1, -0.05) is 0 Å². The summed E-state index contributed by atoms with van der Waals surface area (Å²) < 4.78 is 10.3. The van der Waals surface area contributed by atoms with Gasteiger partial charge >= 0.3 is 5.97 Å².